The maximum atomic E-state index is 9.07. The predicted molar refractivity (Wildman–Crippen MR) is 79.7 cm³/mol. The molecule has 0 radical (unpaired) electrons. The second-order valence-corrected chi connectivity index (χ2v) is 4.91. The molecule has 0 saturated carbocycles. The zero-order valence-electron chi connectivity index (χ0n) is 12.5. The lowest BCUT2D eigenvalue weighted by molar-refractivity contribution is 0.244. The number of hydrogen-bond acceptors (Lipinski definition) is 5. The third-order valence-electron chi connectivity index (χ3n) is 2.94. The summed E-state index contributed by atoms with van der Waals surface area (Å²) in [7, 11) is 0. The lowest BCUT2D eigenvalue weighted by Gasteiger charge is -2.16. The van der Waals surface area contributed by atoms with Gasteiger partial charge in [0.1, 0.15) is 17.5 Å². The van der Waals surface area contributed by atoms with Crippen molar-refractivity contribution in [2.24, 2.45) is 5.92 Å². The minimum absolute atomic E-state index is 0.180. The summed E-state index contributed by atoms with van der Waals surface area (Å²) in [5.74, 6) is 2.85. The number of aliphatic hydroxyl groups excluding tert-OH is 1. The second-order valence-electron chi connectivity index (χ2n) is 4.91. The van der Waals surface area contributed by atoms with Gasteiger partial charge in [-0.2, -0.15) is 0 Å². The van der Waals surface area contributed by atoms with Gasteiger partial charge in [-0.05, 0) is 26.2 Å². The third kappa shape index (κ3) is 4.67. The minimum atomic E-state index is 0.180. The topological polar surface area (TPSA) is 70.1 Å². The van der Waals surface area contributed by atoms with Crippen molar-refractivity contribution in [1.29, 1.82) is 0 Å². The first-order valence-electron chi connectivity index (χ1n) is 7.08. The van der Waals surface area contributed by atoms with Gasteiger partial charge in [0.2, 0.25) is 0 Å². The molecule has 0 saturated heterocycles. The maximum absolute atomic E-state index is 9.07. The van der Waals surface area contributed by atoms with Crippen molar-refractivity contribution in [2.45, 2.75) is 40.5 Å². The van der Waals surface area contributed by atoms with E-state index in [4.69, 9.17) is 5.11 Å². The molecule has 0 amide bonds. The average molecular weight is 266 g/mol. The molecule has 1 aromatic heterocycles. The van der Waals surface area contributed by atoms with Crippen LogP contribution in [0.15, 0.2) is 0 Å². The first kappa shape index (κ1) is 15.7. The third-order valence-corrected chi connectivity index (χ3v) is 2.94. The number of aliphatic hydroxyl groups is 1. The monoisotopic (exact) mass is 266 g/mol. The van der Waals surface area contributed by atoms with Crippen molar-refractivity contribution in [3.63, 3.8) is 0 Å². The number of nitrogens with zero attached hydrogens (tertiary/aromatic N) is 2. The summed E-state index contributed by atoms with van der Waals surface area (Å²) in [6.45, 7) is 9.93. The molecule has 1 unspecified atom stereocenters. The molecule has 1 heterocycles. The van der Waals surface area contributed by atoms with E-state index in [1.54, 1.807) is 0 Å². The molecule has 0 aliphatic carbocycles. The molecular weight excluding hydrogens is 240 g/mol. The van der Waals surface area contributed by atoms with E-state index in [9.17, 15) is 0 Å². The minimum Gasteiger partial charge on any atom is -0.396 e. The molecule has 5 nitrogen and oxygen atoms in total. The number of aryl methyl sites for hydroxylation is 1. The molecule has 0 aromatic carbocycles. The van der Waals surface area contributed by atoms with Gasteiger partial charge in [0.25, 0.3) is 0 Å². The van der Waals surface area contributed by atoms with E-state index in [1.807, 2.05) is 13.8 Å². The summed E-state index contributed by atoms with van der Waals surface area (Å²) in [4.78, 5) is 9.12. The Morgan fingerprint density at radius 1 is 1.16 bits per heavy atom. The molecule has 3 N–H and O–H groups in total. The average Bonchev–Trinajstić information content (AvgIpc) is 2.40. The molecule has 108 valence electrons. The van der Waals surface area contributed by atoms with Crippen LogP contribution in [0.4, 0.5) is 11.6 Å². The molecule has 0 aliphatic heterocycles. The Kier molecular flexibility index (Phi) is 6.56. The highest BCUT2D eigenvalue weighted by molar-refractivity contribution is 5.57. The van der Waals surface area contributed by atoms with Crippen molar-refractivity contribution < 1.29 is 5.11 Å². The molecule has 0 aliphatic rings. The van der Waals surface area contributed by atoms with Gasteiger partial charge >= 0.3 is 0 Å². The Bertz CT molecular complexity index is 395. The summed E-state index contributed by atoms with van der Waals surface area (Å²) in [6, 6.07) is 0. The Labute approximate surface area is 115 Å². The fourth-order valence-electron chi connectivity index (χ4n) is 1.75. The van der Waals surface area contributed by atoms with E-state index >= 15 is 0 Å². The molecule has 0 fully saturated rings. The van der Waals surface area contributed by atoms with Crippen LogP contribution in [0.25, 0.3) is 0 Å². The van der Waals surface area contributed by atoms with Crippen LogP contribution in [0.5, 0.6) is 0 Å². The normalized spacial score (nSPS) is 12.3. The van der Waals surface area contributed by atoms with Gasteiger partial charge in [-0.25, -0.2) is 9.97 Å². The van der Waals surface area contributed by atoms with Crippen LogP contribution in [0.3, 0.4) is 0 Å². The van der Waals surface area contributed by atoms with Crippen LogP contribution in [-0.4, -0.2) is 34.8 Å². The first-order valence-corrected chi connectivity index (χ1v) is 7.08. The molecule has 1 rings (SSSR count). The Balaban J connectivity index is 2.92. The fourth-order valence-corrected chi connectivity index (χ4v) is 1.75. The lowest BCUT2D eigenvalue weighted by Crippen LogP contribution is -2.17. The van der Waals surface area contributed by atoms with Gasteiger partial charge in [-0.15, -0.1) is 0 Å². The van der Waals surface area contributed by atoms with Crippen LogP contribution in [-0.2, 0) is 6.42 Å². The van der Waals surface area contributed by atoms with Gasteiger partial charge in [0.15, 0.2) is 0 Å². The van der Waals surface area contributed by atoms with Crippen LogP contribution in [0.1, 0.15) is 38.6 Å². The highest BCUT2D eigenvalue weighted by atomic mass is 16.3. The van der Waals surface area contributed by atoms with Crippen LogP contribution in [0, 0.1) is 12.8 Å². The van der Waals surface area contributed by atoms with Gasteiger partial charge in [-0.1, -0.05) is 13.8 Å². The van der Waals surface area contributed by atoms with Gasteiger partial charge < -0.3 is 15.7 Å². The van der Waals surface area contributed by atoms with E-state index in [0.29, 0.717) is 6.54 Å². The fraction of sp³-hybridized carbons (Fsp3) is 0.714. The SMILES string of the molecule is CCCc1nc(NCC)c(C)c(NCC(C)CO)n1. The quantitative estimate of drug-likeness (QED) is 0.673. The van der Waals surface area contributed by atoms with Crippen molar-refractivity contribution in [3.05, 3.63) is 11.4 Å². The summed E-state index contributed by atoms with van der Waals surface area (Å²) >= 11 is 0. The van der Waals surface area contributed by atoms with E-state index in [1.165, 1.54) is 0 Å². The summed E-state index contributed by atoms with van der Waals surface area (Å²) in [5.41, 5.74) is 1.03. The molecule has 1 aromatic rings. The summed E-state index contributed by atoms with van der Waals surface area (Å²) < 4.78 is 0. The highest BCUT2D eigenvalue weighted by Crippen LogP contribution is 2.20. The number of anilines is 2. The van der Waals surface area contributed by atoms with Crippen molar-refractivity contribution in [2.75, 3.05) is 30.3 Å². The lowest BCUT2D eigenvalue weighted by atomic mass is 10.2. The number of aromatic nitrogens is 2. The van der Waals surface area contributed by atoms with Gasteiger partial charge in [-0.3, -0.25) is 0 Å². The van der Waals surface area contributed by atoms with E-state index in [0.717, 1.165) is 42.4 Å². The molecule has 0 spiro atoms. The summed E-state index contributed by atoms with van der Waals surface area (Å²) in [5, 5.41) is 15.7. The molecular formula is C14H26N4O. The van der Waals surface area contributed by atoms with Crippen molar-refractivity contribution in [1.82, 2.24) is 9.97 Å². The first-order chi connectivity index (χ1) is 9.12. The van der Waals surface area contributed by atoms with Crippen molar-refractivity contribution in [3.8, 4) is 0 Å². The Morgan fingerprint density at radius 3 is 2.32 bits per heavy atom. The molecule has 1 atom stereocenters. The summed E-state index contributed by atoms with van der Waals surface area (Å²) in [6.07, 6.45) is 1.91. The second kappa shape index (κ2) is 7.94. The van der Waals surface area contributed by atoms with Crippen LogP contribution < -0.4 is 10.6 Å². The van der Waals surface area contributed by atoms with E-state index in [2.05, 4.69) is 34.4 Å². The van der Waals surface area contributed by atoms with Crippen LogP contribution in [0.2, 0.25) is 0 Å². The van der Waals surface area contributed by atoms with Crippen molar-refractivity contribution >= 4 is 11.6 Å². The predicted octanol–water partition coefficient (Wildman–Crippen LogP) is 2.21. The standard InChI is InChI=1S/C14H26N4O/c1-5-7-12-17-13(15-6-2)11(4)14(18-12)16-8-10(3)9-19/h10,19H,5-9H2,1-4H3,(H2,15,16,17,18). The number of hydrogen-bond donors (Lipinski definition) is 3. The molecule has 0 bridgehead atoms. The van der Waals surface area contributed by atoms with Gasteiger partial charge in [0, 0.05) is 31.7 Å². The number of rotatable bonds is 8. The smallest absolute Gasteiger partial charge is 0.134 e. The van der Waals surface area contributed by atoms with Crippen LogP contribution >= 0.6 is 0 Å². The molecule has 5 heteroatoms. The number of nitrogens with one attached hydrogen (secondary N) is 2. The largest absolute Gasteiger partial charge is 0.396 e. The maximum Gasteiger partial charge on any atom is 0.134 e. The van der Waals surface area contributed by atoms with E-state index in [-0.39, 0.29) is 12.5 Å². The Hall–Kier alpha value is -1.36. The van der Waals surface area contributed by atoms with E-state index < -0.39 is 0 Å². The highest BCUT2D eigenvalue weighted by Gasteiger charge is 2.10. The Morgan fingerprint density at radius 2 is 1.79 bits per heavy atom. The van der Waals surface area contributed by atoms with Gasteiger partial charge in [0.05, 0.1) is 0 Å². The zero-order chi connectivity index (χ0) is 14.3. The molecule has 19 heavy (non-hydrogen) atoms. The zero-order valence-corrected chi connectivity index (χ0v) is 12.5.